The second kappa shape index (κ2) is 6.25. The van der Waals surface area contributed by atoms with Crippen LogP contribution in [-0.4, -0.2) is 24.7 Å². The summed E-state index contributed by atoms with van der Waals surface area (Å²) in [6.07, 6.45) is 3.05. The van der Waals surface area contributed by atoms with Crippen molar-refractivity contribution in [3.8, 4) is 0 Å². The molecule has 2 rings (SSSR count). The molecule has 0 aromatic heterocycles. The molecule has 1 amide bonds. The van der Waals surface area contributed by atoms with Crippen LogP contribution in [0.1, 0.15) is 10.8 Å². The lowest BCUT2D eigenvalue weighted by Crippen LogP contribution is -2.09. The van der Waals surface area contributed by atoms with Gasteiger partial charge < -0.3 is 10.1 Å². The van der Waals surface area contributed by atoms with Gasteiger partial charge in [0.15, 0.2) is 0 Å². The molecule has 1 N–H and O–H groups in total. The Balaban J connectivity index is 2.04. The predicted molar refractivity (Wildman–Crippen MR) is 79.1 cm³/mol. The van der Waals surface area contributed by atoms with Gasteiger partial charge in [0.25, 0.3) is 0 Å². The number of esters is 1. The van der Waals surface area contributed by atoms with E-state index in [-0.39, 0.29) is 11.2 Å². The van der Waals surface area contributed by atoms with E-state index in [0.29, 0.717) is 5.75 Å². The monoisotopic (exact) mass is 341 g/mol. The van der Waals surface area contributed by atoms with Crippen LogP contribution in [0.4, 0.5) is 5.69 Å². The van der Waals surface area contributed by atoms with Gasteiger partial charge in [-0.05, 0) is 12.1 Å². The molecule has 1 unspecified atom stereocenters. The molecule has 0 saturated heterocycles. The highest BCUT2D eigenvalue weighted by atomic mass is 79.9. The molecule has 1 atom stereocenters. The van der Waals surface area contributed by atoms with E-state index in [0.717, 1.165) is 15.7 Å². The Morgan fingerprint density at radius 1 is 1.58 bits per heavy atom. The Labute approximate surface area is 123 Å². The Morgan fingerprint density at radius 3 is 3.11 bits per heavy atom. The first-order valence-corrected chi connectivity index (χ1v) is 7.43. The number of fused-ring (bicyclic) bond motifs is 1. The van der Waals surface area contributed by atoms with Gasteiger partial charge in [-0.2, -0.15) is 0 Å². The van der Waals surface area contributed by atoms with E-state index in [9.17, 15) is 9.59 Å². The SMILES string of the molecule is COC(=O)/C=C/CSC1C(=O)Nc2cccc(Br)c21. The highest BCUT2D eigenvalue weighted by molar-refractivity contribution is 9.10. The summed E-state index contributed by atoms with van der Waals surface area (Å²) in [6, 6.07) is 5.67. The van der Waals surface area contributed by atoms with E-state index in [1.165, 1.54) is 24.9 Å². The van der Waals surface area contributed by atoms with Crippen LogP contribution < -0.4 is 5.32 Å². The van der Waals surface area contributed by atoms with Crippen LogP contribution in [-0.2, 0) is 14.3 Å². The topological polar surface area (TPSA) is 55.4 Å². The Hall–Kier alpha value is -1.27. The Bertz CT molecular complexity index is 545. The van der Waals surface area contributed by atoms with Gasteiger partial charge >= 0.3 is 5.97 Å². The van der Waals surface area contributed by atoms with E-state index >= 15 is 0 Å². The smallest absolute Gasteiger partial charge is 0.330 e. The first kappa shape index (κ1) is 14.1. The molecule has 0 spiro atoms. The average Bonchev–Trinajstić information content (AvgIpc) is 2.72. The molecule has 100 valence electrons. The summed E-state index contributed by atoms with van der Waals surface area (Å²) in [6.45, 7) is 0. The molecule has 6 heteroatoms. The minimum atomic E-state index is -0.391. The van der Waals surface area contributed by atoms with Gasteiger partial charge in [0.05, 0.1) is 7.11 Å². The van der Waals surface area contributed by atoms with Crippen LogP contribution >= 0.6 is 27.7 Å². The molecule has 0 radical (unpaired) electrons. The Morgan fingerprint density at radius 2 is 2.37 bits per heavy atom. The van der Waals surface area contributed by atoms with Crippen molar-refractivity contribution < 1.29 is 14.3 Å². The van der Waals surface area contributed by atoms with Crippen LogP contribution in [0.2, 0.25) is 0 Å². The van der Waals surface area contributed by atoms with Crippen LogP contribution in [0.5, 0.6) is 0 Å². The maximum atomic E-state index is 11.9. The number of hydrogen-bond donors (Lipinski definition) is 1. The van der Waals surface area contributed by atoms with E-state index in [4.69, 9.17) is 0 Å². The number of thioether (sulfide) groups is 1. The number of methoxy groups -OCH3 is 1. The summed E-state index contributed by atoms with van der Waals surface area (Å²) in [5.41, 5.74) is 1.80. The molecule has 1 aromatic rings. The van der Waals surface area contributed by atoms with Gasteiger partial charge in [-0.1, -0.05) is 28.1 Å². The predicted octanol–water partition coefficient (Wildman–Crippen LogP) is 2.90. The van der Waals surface area contributed by atoms with Gasteiger partial charge in [0.1, 0.15) is 5.25 Å². The third-order valence-electron chi connectivity index (χ3n) is 2.63. The van der Waals surface area contributed by atoms with Crippen molar-refractivity contribution in [2.45, 2.75) is 5.25 Å². The standard InChI is InChI=1S/C13H12BrNO3S/c1-18-10(16)6-3-7-19-12-11-8(14)4-2-5-9(11)15-13(12)17/h2-6,12H,7H2,1H3,(H,15,17)/b6-3+. The summed E-state index contributed by atoms with van der Waals surface area (Å²) < 4.78 is 5.41. The lowest BCUT2D eigenvalue weighted by molar-refractivity contribution is -0.134. The number of benzene rings is 1. The molecular weight excluding hydrogens is 330 g/mol. The van der Waals surface area contributed by atoms with Crippen molar-refractivity contribution in [2.24, 2.45) is 0 Å². The molecule has 1 heterocycles. The van der Waals surface area contributed by atoms with E-state index in [1.807, 2.05) is 18.2 Å². The third kappa shape index (κ3) is 3.19. The van der Waals surface area contributed by atoms with Crippen molar-refractivity contribution in [3.05, 3.63) is 40.4 Å². The number of carbonyl (C=O) groups is 2. The minimum Gasteiger partial charge on any atom is -0.466 e. The second-order valence-electron chi connectivity index (χ2n) is 3.83. The largest absolute Gasteiger partial charge is 0.466 e. The highest BCUT2D eigenvalue weighted by Gasteiger charge is 2.32. The van der Waals surface area contributed by atoms with E-state index in [2.05, 4.69) is 26.0 Å². The molecule has 0 fully saturated rings. The molecule has 1 aliphatic rings. The zero-order valence-corrected chi connectivity index (χ0v) is 12.6. The zero-order valence-electron chi connectivity index (χ0n) is 10.2. The molecule has 0 saturated carbocycles. The first-order chi connectivity index (χ1) is 9.13. The molecule has 1 aliphatic heterocycles. The van der Waals surface area contributed by atoms with Crippen LogP contribution in [0.15, 0.2) is 34.8 Å². The summed E-state index contributed by atoms with van der Waals surface area (Å²) in [4.78, 5) is 22.8. The average molecular weight is 342 g/mol. The summed E-state index contributed by atoms with van der Waals surface area (Å²) in [7, 11) is 1.33. The molecule has 19 heavy (non-hydrogen) atoms. The van der Waals surface area contributed by atoms with Crippen molar-refractivity contribution in [3.63, 3.8) is 0 Å². The van der Waals surface area contributed by atoms with Crippen LogP contribution in [0, 0.1) is 0 Å². The maximum Gasteiger partial charge on any atom is 0.330 e. The van der Waals surface area contributed by atoms with Gasteiger partial charge in [0, 0.05) is 27.6 Å². The number of nitrogens with one attached hydrogen (secondary N) is 1. The van der Waals surface area contributed by atoms with Crippen molar-refractivity contribution >= 4 is 45.3 Å². The third-order valence-corrected chi connectivity index (χ3v) is 4.48. The summed E-state index contributed by atoms with van der Waals surface area (Å²) in [5, 5.41) is 2.59. The van der Waals surface area contributed by atoms with Crippen LogP contribution in [0.25, 0.3) is 0 Å². The number of ether oxygens (including phenoxy) is 1. The fraction of sp³-hybridized carbons (Fsp3) is 0.231. The number of anilines is 1. The number of rotatable bonds is 4. The first-order valence-electron chi connectivity index (χ1n) is 5.59. The molecule has 0 aliphatic carbocycles. The fourth-order valence-corrected chi connectivity index (χ4v) is 3.54. The highest BCUT2D eigenvalue weighted by Crippen LogP contribution is 2.43. The summed E-state index contributed by atoms with van der Waals surface area (Å²) in [5.74, 6) is 0.143. The number of carbonyl (C=O) groups excluding carboxylic acids is 2. The van der Waals surface area contributed by atoms with Gasteiger partial charge in [-0.3, -0.25) is 4.79 Å². The van der Waals surface area contributed by atoms with Gasteiger partial charge in [0.2, 0.25) is 5.91 Å². The minimum absolute atomic E-state index is 0.0293. The Kier molecular flexibility index (Phi) is 4.66. The molecule has 1 aromatic carbocycles. The van der Waals surface area contributed by atoms with Crippen molar-refractivity contribution in [2.75, 3.05) is 18.2 Å². The molecular formula is C13H12BrNO3S. The second-order valence-corrected chi connectivity index (χ2v) is 5.82. The molecule has 4 nitrogen and oxygen atoms in total. The van der Waals surface area contributed by atoms with Crippen molar-refractivity contribution in [1.29, 1.82) is 0 Å². The quantitative estimate of drug-likeness (QED) is 0.675. The zero-order chi connectivity index (χ0) is 13.8. The lowest BCUT2D eigenvalue weighted by atomic mass is 10.2. The number of halogens is 1. The van der Waals surface area contributed by atoms with Crippen molar-refractivity contribution in [1.82, 2.24) is 0 Å². The molecule has 0 bridgehead atoms. The maximum absolute atomic E-state index is 11.9. The van der Waals surface area contributed by atoms with Gasteiger partial charge in [-0.15, -0.1) is 11.8 Å². The van der Waals surface area contributed by atoms with E-state index < -0.39 is 5.97 Å². The number of hydrogen-bond acceptors (Lipinski definition) is 4. The van der Waals surface area contributed by atoms with Crippen LogP contribution in [0.3, 0.4) is 0 Å². The fourth-order valence-electron chi connectivity index (χ4n) is 1.77. The van der Waals surface area contributed by atoms with E-state index in [1.54, 1.807) is 6.08 Å². The van der Waals surface area contributed by atoms with Gasteiger partial charge in [-0.25, -0.2) is 4.79 Å². The lowest BCUT2D eigenvalue weighted by Gasteiger charge is -2.08. The summed E-state index contributed by atoms with van der Waals surface area (Å²) >= 11 is 4.93. The normalized spacial score (nSPS) is 17.4. The number of amides is 1.